The van der Waals surface area contributed by atoms with Crippen LogP contribution in [-0.4, -0.2) is 21.3 Å². The number of ether oxygens (including phenoxy) is 1. The largest absolute Gasteiger partial charge is 0.455 e. The van der Waals surface area contributed by atoms with Crippen molar-refractivity contribution in [1.82, 2.24) is 20.1 Å². The molecule has 0 aliphatic heterocycles. The molecule has 142 valence electrons. The van der Waals surface area contributed by atoms with Crippen LogP contribution in [-0.2, 0) is 13.6 Å². The summed E-state index contributed by atoms with van der Waals surface area (Å²) in [5.74, 6) is 2.60. The van der Waals surface area contributed by atoms with Crippen molar-refractivity contribution in [3.63, 3.8) is 0 Å². The topological polar surface area (TPSA) is 52.0 Å². The minimum absolute atomic E-state index is 0.437. The molecule has 3 aromatic rings. The highest BCUT2D eigenvalue weighted by molar-refractivity contribution is 5.39. The summed E-state index contributed by atoms with van der Waals surface area (Å²) >= 11 is 0. The van der Waals surface area contributed by atoms with Gasteiger partial charge in [0, 0.05) is 44.1 Å². The predicted octanol–water partition coefficient (Wildman–Crippen LogP) is 4.45. The van der Waals surface area contributed by atoms with Crippen LogP contribution in [0.1, 0.15) is 36.6 Å². The zero-order valence-electron chi connectivity index (χ0n) is 16.5. The average molecular weight is 364 g/mol. The van der Waals surface area contributed by atoms with Crippen LogP contribution < -0.4 is 10.1 Å². The monoisotopic (exact) mass is 364 g/mol. The van der Waals surface area contributed by atoms with Gasteiger partial charge in [-0.3, -0.25) is 9.67 Å². The summed E-state index contributed by atoms with van der Waals surface area (Å²) in [4.78, 5) is 4.09. The highest BCUT2D eigenvalue weighted by Gasteiger charge is 2.18. The van der Waals surface area contributed by atoms with Gasteiger partial charge in [0.05, 0.1) is 6.20 Å². The van der Waals surface area contributed by atoms with E-state index < -0.39 is 0 Å². The van der Waals surface area contributed by atoms with E-state index in [-0.39, 0.29) is 0 Å². The smallest absolute Gasteiger partial charge is 0.145 e. The van der Waals surface area contributed by atoms with Crippen molar-refractivity contribution < 1.29 is 4.74 Å². The lowest BCUT2D eigenvalue weighted by Crippen LogP contribution is -2.26. The van der Waals surface area contributed by atoms with E-state index in [0.717, 1.165) is 30.2 Å². The van der Waals surface area contributed by atoms with Gasteiger partial charge in [0.25, 0.3) is 0 Å². The molecule has 1 atom stereocenters. The molecule has 2 aromatic heterocycles. The lowest BCUT2D eigenvalue weighted by molar-refractivity contribution is 0.436. The minimum atomic E-state index is 0.437. The number of nitrogens with zero attached hydrogens (tertiary/aromatic N) is 3. The van der Waals surface area contributed by atoms with Crippen LogP contribution in [0.4, 0.5) is 0 Å². The fourth-order valence-electron chi connectivity index (χ4n) is 3.27. The third-order valence-electron chi connectivity index (χ3n) is 4.84. The highest BCUT2D eigenvalue weighted by Crippen LogP contribution is 2.26. The molecule has 0 radical (unpaired) electrons. The summed E-state index contributed by atoms with van der Waals surface area (Å²) in [6, 6.07) is 12.2. The minimum Gasteiger partial charge on any atom is -0.455 e. The summed E-state index contributed by atoms with van der Waals surface area (Å²) in [5, 5.41) is 7.92. The molecular weight excluding hydrogens is 336 g/mol. The zero-order chi connectivity index (χ0) is 19.2. The van der Waals surface area contributed by atoms with Crippen LogP contribution in [0.2, 0.25) is 0 Å². The molecule has 27 heavy (non-hydrogen) atoms. The van der Waals surface area contributed by atoms with Crippen molar-refractivity contribution in [2.24, 2.45) is 13.0 Å². The van der Waals surface area contributed by atoms with Crippen molar-refractivity contribution in [1.29, 1.82) is 0 Å². The van der Waals surface area contributed by atoms with E-state index >= 15 is 0 Å². The Balaban J connectivity index is 1.59. The maximum absolute atomic E-state index is 5.91. The Kier molecular flexibility index (Phi) is 6.24. The highest BCUT2D eigenvalue weighted by atomic mass is 16.5. The Bertz CT molecular complexity index is 858. The lowest BCUT2D eigenvalue weighted by Gasteiger charge is -2.22. The van der Waals surface area contributed by atoms with Gasteiger partial charge in [-0.2, -0.15) is 5.10 Å². The summed E-state index contributed by atoms with van der Waals surface area (Å²) in [5.41, 5.74) is 3.64. The maximum atomic E-state index is 5.91. The quantitative estimate of drug-likeness (QED) is 0.642. The summed E-state index contributed by atoms with van der Waals surface area (Å²) in [6.07, 6.45) is 5.33. The number of hydrogen-bond donors (Lipinski definition) is 1. The standard InChI is InChI=1S/C22H28N4O/c1-16(2)20(21-9-11-25-26(21)4)15-24-13-18-7-8-22(17(3)12-18)27-19-6-5-10-23-14-19/h5-12,14,16,20,24H,13,15H2,1-4H3/t20-/m0/s1. The number of benzene rings is 1. The fraction of sp³-hybridized carbons (Fsp3) is 0.364. The average Bonchev–Trinajstić information content (AvgIpc) is 3.07. The van der Waals surface area contributed by atoms with Crippen molar-refractivity contribution in [2.45, 2.75) is 33.2 Å². The van der Waals surface area contributed by atoms with E-state index in [2.05, 4.69) is 54.4 Å². The van der Waals surface area contributed by atoms with Gasteiger partial charge >= 0.3 is 0 Å². The van der Waals surface area contributed by atoms with Gasteiger partial charge in [-0.15, -0.1) is 0 Å². The fourth-order valence-corrected chi connectivity index (χ4v) is 3.27. The lowest BCUT2D eigenvalue weighted by atomic mass is 9.92. The Labute approximate surface area is 161 Å². The zero-order valence-corrected chi connectivity index (χ0v) is 16.5. The Morgan fingerprint density at radius 3 is 2.63 bits per heavy atom. The van der Waals surface area contributed by atoms with E-state index in [9.17, 15) is 0 Å². The molecule has 0 aliphatic rings. The van der Waals surface area contributed by atoms with Crippen LogP contribution in [0.25, 0.3) is 0 Å². The first-order valence-corrected chi connectivity index (χ1v) is 9.40. The van der Waals surface area contributed by atoms with Crippen LogP contribution in [0.15, 0.2) is 55.0 Å². The second-order valence-electron chi connectivity index (χ2n) is 7.25. The second kappa shape index (κ2) is 8.82. The van der Waals surface area contributed by atoms with E-state index in [1.54, 1.807) is 12.4 Å². The van der Waals surface area contributed by atoms with E-state index in [1.807, 2.05) is 36.1 Å². The van der Waals surface area contributed by atoms with Crippen LogP contribution in [0.5, 0.6) is 11.5 Å². The molecule has 0 bridgehead atoms. The second-order valence-corrected chi connectivity index (χ2v) is 7.25. The van der Waals surface area contributed by atoms with E-state index in [1.165, 1.54) is 11.3 Å². The van der Waals surface area contributed by atoms with Crippen LogP contribution in [0.3, 0.4) is 0 Å². The first kappa shape index (κ1) is 19.1. The van der Waals surface area contributed by atoms with Crippen LogP contribution in [0, 0.1) is 12.8 Å². The molecule has 0 unspecified atom stereocenters. The Morgan fingerprint density at radius 1 is 1.15 bits per heavy atom. The van der Waals surface area contributed by atoms with Crippen molar-refractivity contribution in [3.05, 3.63) is 71.8 Å². The number of nitrogens with one attached hydrogen (secondary N) is 1. The maximum Gasteiger partial charge on any atom is 0.145 e. The van der Waals surface area contributed by atoms with Crippen molar-refractivity contribution >= 4 is 0 Å². The van der Waals surface area contributed by atoms with E-state index in [4.69, 9.17) is 4.74 Å². The number of aryl methyl sites for hydroxylation is 2. The molecule has 2 heterocycles. The summed E-state index contributed by atoms with van der Waals surface area (Å²) in [7, 11) is 2.01. The van der Waals surface area contributed by atoms with Gasteiger partial charge < -0.3 is 10.1 Å². The molecule has 0 amide bonds. The van der Waals surface area contributed by atoms with Gasteiger partial charge in [-0.1, -0.05) is 26.0 Å². The molecule has 0 saturated carbocycles. The molecule has 3 rings (SSSR count). The van der Waals surface area contributed by atoms with Gasteiger partial charge in [0.1, 0.15) is 11.5 Å². The molecule has 0 aliphatic carbocycles. The molecular formula is C22H28N4O. The predicted molar refractivity (Wildman–Crippen MR) is 108 cm³/mol. The molecule has 5 nitrogen and oxygen atoms in total. The summed E-state index contributed by atoms with van der Waals surface area (Å²) < 4.78 is 7.88. The number of hydrogen-bond acceptors (Lipinski definition) is 4. The van der Waals surface area contributed by atoms with Crippen molar-refractivity contribution in [3.8, 4) is 11.5 Å². The normalized spacial score (nSPS) is 12.3. The van der Waals surface area contributed by atoms with Gasteiger partial charge in [-0.25, -0.2) is 0 Å². The van der Waals surface area contributed by atoms with Crippen LogP contribution >= 0.6 is 0 Å². The Hall–Kier alpha value is -2.66. The third kappa shape index (κ3) is 4.95. The molecule has 1 N–H and O–H groups in total. The molecule has 0 spiro atoms. The van der Waals surface area contributed by atoms with Gasteiger partial charge in [0.2, 0.25) is 0 Å². The molecule has 5 heteroatoms. The van der Waals surface area contributed by atoms with E-state index in [0.29, 0.717) is 11.8 Å². The summed E-state index contributed by atoms with van der Waals surface area (Å²) in [6.45, 7) is 8.34. The molecule has 0 fully saturated rings. The number of rotatable bonds is 8. The SMILES string of the molecule is Cc1cc(CNC[C@H](c2ccnn2C)C(C)C)ccc1Oc1cccnc1. The molecule has 0 saturated heterocycles. The first-order chi connectivity index (χ1) is 13.0. The van der Waals surface area contributed by atoms with Crippen molar-refractivity contribution in [2.75, 3.05) is 6.54 Å². The van der Waals surface area contributed by atoms with Gasteiger partial charge in [-0.05, 0) is 48.2 Å². The third-order valence-corrected chi connectivity index (χ3v) is 4.84. The molecule has 1 aromatic carbocycles. The number of pyridine rings is 1. The number of aromatic nitrogens is 3. The van der Waals surface area contributed by atoms with Gasteiger partial charge in [0.15, 0.2) is 0 Å². The Morgan fingerprint density at radius 2 is 2.00 bits per heavy atom. The first-order valence-electron chi connectivity index (χ1n) is 9.40.